The Hall–Kier alpha value is -1.40. The van der Waals surface area contributed by atoms with Gasteiger partial charge in [-0.05, 0) is 20.3 Å². The zero-order valence-corrected chi connectivity index (χ0v) is 12.8. The van der Waals surface area contributed by atoms with Gasteiger partial charge in [-0.3, -0.25) is 0 Å². The molecule has 0 saturated carbocycles. The second kappa shape index (κ2) is 9.50. The summed E-state index contributed by atoms with van der Waals surface area (Å²) in [4.78, 5) is 8.70. The zero-order valence-electron chi connectivity index (χ0n) is 12.8. The Labute approximate surface area is 121 Å². The van der Waals surface area contributed by atoms with E-state index in [1.165, 1.54) is 19.3 Å². The number of nitrogens with two attached hydrogens (primary N) is 1. The van der Waals surface area contributed by atoms with Gasteiger partial charge in [0, 0.05) is 18.7 Å². The zero-order chi connectivity index (χ0) is 14.8. The van der Waals surface area contributed by atoms with Crippen LogP contribution in [0, 0.1) is 0 Å². The van der Waals surface area contributed by atoms with Crippen LogP contribution in [-0.4, -0.2) is 22.6 Å². The summed E-state index contributed by atoms with van der Waals surface area (Å²) in [6.45, 7) is 7.35. The van der Waals surface area contributed by atoms with Crippen molar-refractivity contribution in [2.24, 2.45) is 5.84 Å². The first-order valence-electron chi connectivity index (χ1n) is 7.38. The highest BCUT2D eigenvalue weighted by Crippen LogP contribution is 2.14. The van der Waals surface area contributed by atoms with Crippen LogP contribution in [-0.2, 0) is 11.3 Å². The van der Waals surface area contributed by atoms with Gasteiger partial charge in [-0.15, -0.1) is 0 Å². The number of nitrogens with one attached hydrogen (secondary N) is 2. The fourth-order valence-corrected chi connectivity index (χ4v) is 1.93. The van der Waals surface area contributed by atoms with Crippen LogP contribution in [0.15, 0.2) is 6.07 Å². The molecule has 1 rings (SSSR count). The van der Waals surface area contributed by atoms with Gasteiger partial charge in [-0.2, -0.15) is 0 Å². The van der Waals surface area contributed by atoms with Gasteiger partial charge in [0.1, 0.15) is 18.2 Å². The molecule has 1 aromatic heterocycles. The lowest BCUT2D eigenvalue weighted by atomic mass is 10.1. The normalized spacial score (nSPS) is 12.2. The standard InChI is InChI=1S/C14H27N5O/c1-4-6-7-8-11(3)16-12-9-13(19-15)18-14(17-12)10-20-5-2/h9,11H,4-8,10,15H2,1-3H3,(H2,16,17,18,19). The van der Waals surface area contributed by atoms with Gasteiger partial charge in [-0.25, -0.2) is 15.8 Å². The predicted molar refractivity (Wildman–Crippen MR) is 82.4 cm³/mol. The lowest BCUT2D eigenvalue weighted by Crippen LogP contribution is -2.18. The van der Waals surface area contributed by atoms with E-state index in [0.29, 0.717) is 30.9 Å². The molecule has 1 atom stereocenters. The summed E-state index contributed by atoms with van der Waals surface area (Å²) in [5.74, 6) is 7.45. The minimum atomic E-state index is 0.377. The van der Waals surface area contributed by atoms with Crippen molar-refractivity contribution >= 4 is 11.6 Å². The van der Waals surface area contributed by atoms with Crippen molar-refractivity contribution in [3.8, 4) is 0 Å². The molecule has 0 fully saturated rings. The molecule has 1 aromatic rings. The summed E-state index contributed by atoms with van der Waals surface area (Å²) in [6, 6.07) is 2.19. The van der Waals surface area contributed by atoms with Crippen LogP contribution in [0.4, 0.5) is 11.6 Å². The van der Waals surface area contributed by atoms with E-state index >= 15 is 0 Å². The summed E-state index contributed by atoms with van der Waals surface area (Å²) < 4.78 is 5.34. The van der Waals surface area contributed by atoms with Crippen LogP contribution >= 0.6 is 0 Å². The summed E-state index contributed by atoms with van der Waals surface area (Å²) >= 11 is 0. The summed E-state index contributed by atoms with van der Waals surface area (Å²) in [7, 11) is 0. The average Bonchev–Trinajstić information content (AvgIpc) is 2.45. The van der Waals surface area contributed by atoms with Crippen LogP contribution in [0.5, 0.6) is 0 Å². The Bertz CT molecular complexity index is 386. The van der Waals surface area contributed by atoms with Crippen LogP contribution in [0.25, 0.3) is 0 Å². The lowest BCUT2D eigenvalue weighted by Gasteiger charge is -2.15. The van der Waals surface area contributed by atoms with E-state index < -0.39 is 0 Å². The summed E-state index contributed by atoms with van der Waals surface area (Å²) in [5, 5.41) is 3.39. The first-order valence-corrected chi connectivity index (χ1v) is 7.38. The number of nitrogen functional groups attached to an aromatic ring is 1. The van der Waals surface area contributed by atoms with E-state index in [-0.39, 0.29) is 0 Å². The summed E-state index contributed by atoms with van der Waals surface area (Å²) in [5.41, 5.74) is 2.56. The molecule has 6 heteroatoms. The first-order chi connectivity index (χ1) is 9.69. The minimum Gasteiger partial charge on any atom is -0.374 e. The van der Waals surface area contributed by atoms with Crippen molar-refractivity contribution in [1.82, 2.24) is 9.97 Å². The second-order valence-electron chi connectivity index (χ2n) is 4.88. The minimum absolute atomic E-state index is 0.377. The second-order valence-corrected chi connectivity index (χ2v) is 4.88. The van der Waals surface area contributed by atoms with Crippen LogP contribution in [0.1, 0.15) is 52.3 Å². The molecule has 0 spiro atoms. The maximum absolute atomic E-state index is 5.44. The van der Waals surface area contributed by atoms with Crippen LogP contribution in [0.2, 0.25) is 0 Å². The highest BCUT2D eigenvalue weighted by atomic mass is 16.5. The molecule has 0 radical (unpaired) electrons. The maximum Gasteiger partial charge on any atom is 0.158 e. The predicted octanol–water partition coefficient (Wildman–Crippen LogP) is 2.68. The molecule has 1 heterocycles. The molecule has 4 N–H and O–H groups in total. The number of unbranched alkanes of at least 4 members (excludes halogenated alkanes) is 2. The van der Waals surface area contributed by atoms with E-state index in [0.717, 1.165) is 12.2 Å². The number of hydrogen-bond donors (Lipinski definition) is 3. The Morgan fingerprint density at radius 1 is 1.25 bits per heavy atom. The monoisotopic (exact) mass is 281 g/mol. The van der Waals surface area contributed by atoms with Crippen molar-refractivity contribution in [2.45, 2.75) is 59.1 Å². The number of aromatic nitrogens is 2. The van der Waals surface area contributed by atoms with Gasteiger partial charge in [0.05, 0.1) is 0 Å². The fraction of sp³-hybridized carbons (Fsp3) is 0.714. The third kappa shape index (κ3) is 6.16. The third-order valence-corrected chi connectivity index (χ3v) is 2.99. The topological polar surface area (TPSA) is 85.1 Å². The number of hydrogen-bond acceptors (Lipinski definition) is 6. The smallest absolute Gasteiger partial charge is 0.158 e. The molecule has 1 unspecified atom stereocenters. The van der Waals surface area contributed by atoms with Gasteiger partial charge in [0.15, 0.2) is 5.82 Å². The quantitative estimate of drug-likeness (QED) is 0.347. The third-order valence-electron chi connectivity index (χ3n) is 2.99. The molecule has 0 aliphatic heterocycles. The van der Waals surface area contributed by atoms with E-state index in [9.17, 15) is 0 Å². The highest BCUT2D eigenvalue weighted by molar-refractivity contribution is 5.47. The molecule has 0 aromatic carbocycles. The van der Waals surface area contributed by atoms with Crippen LogP contribution < -0.4 is 16.6 Å². The number of hydrazine groups is 1. The molecular formula is C14H27N5O. The first kappa shape index (κ1) is 16.7. The fourth-order valence-electron chi connectivity index (χ4n) is 1.93. The maximum atomic E-state index is 5.44. The van der Waals surface area contributed by atoms with Gasteiger partial charge in [0.25, 0.3) is 0 Å². The number of ether oxygens (including phenoxy) is 1. The lowest BCUT2D eigenvalue weighted by molar-refractivity contribution is 0.128. The molecule has 20 heavy (non-hydrogen) atoms. The molecule has 0 aliphatic carbocycles. The Kier molecular flexibility index (Phi) is 7.91. The van der Waals surface area contributed by atoms with Gasteiger partial charge in [-0.1, -0.05) is 26.2 Å². The highest BCUT2D eigenvalue weighted by Gasteiger charge is 2.07. The molecule has 0 aliphatic rings. The van der Waals surface area contributed by atoms with Crippen molar-refractivity contribution in [3.63, 3.8) is 0 Å². The Morgan fingerprint density at radius 2 is 2.00 bits per heavy atom. The van der Waals surface area contributed by atoms with Crippen molar-refractivity contribution in [2.75, 3.05) is 17.3 Å². The number of nitrogens with zero attached hydrogens (tertiary/aromatic N) is 2. The Balaban J connectivity index is 2.62. The molecule has 0 amide bonds. The molecule has 6 nitrogen and oxygen atoms in total. The van der Waals surface area contributed by atoms with Crippen molar-refractivity contribution in [1.29, 1.82) is 0 Å². The SMILES string of the molecule is CCCCCC(C)Nc1cc(NN)nc(COCC)n1. The van der Waals surface area contributed by atoms with E-state index in [4.69, 9.17) is 10.6 Å². The van der Waals surface area contributed by atoms with Crippen molar-refractivity contribution < 1.29 is 4.74 Å². The molecular weight excluding hydrogens is 254 g/mol. The van der Waals surface area contributed by atoms with Gasteiger partial charge in [0.2, 0.25) is 0 Å². The van der Waals surface area contributed by atoms with E-state index in [1.54, 1.807) is 0 Å². The van der Waals surface area contributed by atoms with Gasteiger partial charge < -0.3 is 15.5 Å². The van der Waals surface area contributed by atoms with Crippen molar-refractivity contribution in [3.05, 3.63) is 11.9 Å². The number of anilines is 2. The largest absolute Gasteiger partial charge is 0.374 e. The van der Waals surface area contributed by atoms with Gasteiger partial charge >= 0.3 is 0 Å². The Morgan fingerprint density at radius 3 is 2.65 bits per heavy atom. The number of rotatable bonds is 10. The van der Waals surface area contributed by atoms with E-state index in [2.05, 4.69) is 34.6 Å². The van der Waals surface area contributed by atoms with E-state index in [1.807, 2.05) is 13.0 Å². The molecule has 0 saturated heterocycles. The molecule has 0 bridgehead atoms. The molecule has 114 valence electrons. The average molecular weight is 281 g/mol. The van der Waals surface area contributed by atoms with Crippen LogP contribution in [0.3, 0.4) is 0 Å². The summed E-state index contributed by atoms with van der Waals surface area (Å²) in [6.07, 6.45) is 4.86.